The summed E-state index contributed by atoms with van der Waals surface area (Å²) in [5.41, 5.74) is 1.55. The average molecular weight is 516 g/mol. The van der Waals surface area contributed by atoms with Crippen LogP contribution in [0.2, 0.25) is 0 Å². The second-order valence-corrected chi connectivity index (χ2v) is 9.86. The summed E-state index contributed by atoms with van der Waals surface area (Å²) in [7, 11) is 0. The predicted molar refractivity (Wildman–Crippen MR) is 132 cm³/mol. The number of nitrogens with zero attached hydrogens (tertiary/aromatic N) is 2. The molecule has 0 saturated carbocycles. The zero-order chi connectivity index (χ0) is 26.2. The van der Waals surface area contributed by atoms with E-state index in [9.17, 15) is 27.5 Å². The maximum absolute atomic E-state index is 14.7. The number of alkyl halides is 4. The highest BCUT2D eigenvalue weighted by Crippen LogP contribution is 2.32. The van der Waals surface area contributed by atoms with Crippen LogP contribution in [-0.2, 0) is 6.18 Å². The number of carbonyl (C=O) groups excluding carboxylic acids is 1. The van der Waals surface area contributed by atoms with Crippen molar-refractivity contribution in [3.05, 3.63) is 83.5 Å². The lowest BCUT2D eigenvalue weighted by atomic mass is 10.00. The maximum atomic E-state index is 14.7. The molecule has 0 radical (unpaired) electrons. The number of halogens is 4. The molecule has 2 aliphatic heterocycles. The van der Waals surface area contributed by atoms with Crippen molar-refractivity contribution in [2.24, 2.45) is 0 Å². The maximum Gasteiger partial charge on any atom is 0.416 e. The Morgan fingerprint density at radius 2 is 1.76 bits per heavy atom. The van der Waals surface area contributed by atoms with Crippen molar-refractivity contribution in [1.82, 2.24) is 15.1 Å². The van der Waals surface area contributed by atoms with Gasteiger partial charge in [-0.15, -0.1) is 0 Å². The summed E-state index contributed by atoms with van der Waals surface area (Å²) in [6.45, 7) is 1.41. The number of allylic oxidation sites excluding steroid dienone is 2. The average Bonchev–Trinajstić information content (AvgIpc) is 3.25. The number of rotatable bonds is 6. The third-order valence-electron chi connectivity index (χ3n) is 7.22. The van der Waals surface area contributed by atoms with Gasteiger partial charge in [-0.1, -0.05) is 42.5 Å². The number of nitrogens with one attached hydrogen (secondary N) is 1. The summed E-state index contributed by atoms with van der Waals surface area (Å²) in [5, 5.41) is 13.9. The minimum absolute atomic E-state index is 0.0394. The predicted octanol–water partition coefficient (Wildman–Crippen LogP) is 4.40. The van der Waals surface area contributed by atoms with Gasteiger partial charge in [0, 0.05) is 37.8 Å². The van der Waals surface area contributed by atoms with Crippen molar-refractivity contribution in [3.8, 4) is 11.1 Å². The Morgan fingerprint density at radius 1 is 1.00 bits per heavy atom. The Labute approximate surface area is 213 Å². The molecule has 5 rings (SSSR count). The summed E-state index contributed by atoms with van der Waals surface area (Å²) in [5.74, 6) is -0.176. The van der Waals surface area contributed by atoms with E-state index in [1.54, 1.807) is 40.1 Å². The molecule has 3 atom stereocenters. The molecule has 2 fully saturated rings. The van der Waals surface area contributed by atoms with Crippen molar-refractivity contribution >= 4 is 5.91 Å². The molecule has 2 aromatic rings. The molecule has 2 aromatic carbocycles. The normalized spacial score (nSPS) is 23.6. The first-order valence-corrected chi connectivity index (χ1v) is 12.4. The van der Waals surface area contributed by atoms with Crippen molar-refractivity contribution in [3.63, 3.8) is 0 Å². The highest BCUT2D eigenvalue weighted by Gasteiger charge is 2.40. The summed E-state index contributed by atoms with van der Waals surface area (Å²) in [6.07, 6.45) is 1.35. The fourth-order valence-electron chi connectivity index (χ4n) is 5.10. The van der Waals surface area contributed by atoms with Gasteiger partial charge in [-0.25, -0.2) is 4.39 Å². The van der Waals surface area contributed by atoms with Crippen LogP contribution in [0.5, 0.6) is 0 Å². The number of aliphatic hydroxyl groups excluding tert-OH is 1. The summed E-state index contributed by atoms with van der Waals surface area (Å²) in [4.78, 5) is 16.2. The van der Waals surface area contributed by atoms with Gasteiger partial charge in [-0.3, -0.25) is 9.69 Å². The van der Waals surface area contributed by atoms with Gasteiger partial charge >= 0.3 is 6.18 Å². The summed E-state index contributed by atoms with van der Waals surface area (Å²) in [6, 6.07) is 11.1. The number of hydrogen-bond acceptors (Lipinski definition) is 4. The molecular weight excluding hydrogens is 486 g/mol. The minimum atomic E-state index is -4.42. The van der Waals surface area contributed by atoms with Crippen molar-refractivity contribution < 1.29 is 27.5 Å². The lowest BCUT2D eigenvalue weighted by Gasteiger charge is -2.41. The molecule has 2 saturated heterocycles. The lowest BCUT2D eigenvalue weighted by molar-refractivity contribution is -0.137. The number of benzene rings is 2. The van der Waals surface area contributed by atoms with Gasteiger partial charge in [0.1, 0.15) is 12.4 Å². The zero-order valence-electron chi connectivity index (χ0n) is 20.2. The van der Waals surface area contributed by atoms with Crippen LogP contribution in [-0.4, -0.2) is 71.5 Å². The van der Waals surface area contributed by atoms with E-state index in [2.05, 4.69) is 5.32 Å². The molecule has 5 nitrogen and oxygen atoms in total. The van der Waals surface area contributed by atoms with Crippen LogP contribution in [0.1, 0.15) is 28.8 Å². The molecule has 37 heavy (non-hydrogen) atoms. The fraction of sp³-hybridized carbons (Fsp3) is 0.393. The third-order valence-corrected chi connectivity index (χ3v) is 7.22. The summed E-state index contributed by atoms with van der Waals surface area (Å²) >= 11 is 0. The van der Waals surface area contributed by atoms with Gasteiger partial charge in [0.25, 0.3) is 5.91 Å². The van der Waals surface area contributed by atoms with E-state index >= 15 is 0 Å². The first-order chi connectivity index (χ1) is 17.7. The van der Waals surface area contributed by atoms with Gasteiger partial charge in [-0.2, -0.15) is 13.2 Å². The molecule has 0 aromatic heterocycles. The molecule has 3 unspecified atom stereocenters. The van der Waals surface area contributed by atoms with Gasteiger partial charge in [0.15, 0.2) is 0 Å². The van der Waals surface area contributed by atoms with E-state index in [4.69, 9.17) is 0 Å². The second-order valence-electron chi connectivity index (χ2n) is 9.86. The van der Waals surface area contributed by atoms with E-state index < -0.39 is 30.2 Å². The molecule has 1 aliphatic carbocycles. The Hall–Kier alpha value is -3.01. The third kappa shape index (κ3) is 5.63. The Balaban J connectivity index is 1.13. The Bertz CT molecular complexity index is 1190. The zero-order valence-corrected chi connectivity index (χ0v) is 20.2. The lowest BCUT2D eigenvalue weighted by Crippen LogP contribution is -2.63. The number of carbonyl (C=O) groups is 1. The van der Waals surface area contributed by atoms with Crippen LogP contribution in [0.25, 0.3) is 11.1 Å². The van der Waals surface area contributed by atoms with Crippen LogP contribution >= 0.6 is 0 Å². The van der Waals surface area contributed by atoms with E-state index in [1.807, 2.05) is 18.2 Å². The van der Waals surface area contributed by atoms with Gasteiger partial charge < -0.3 is 15.3 Å². The van der Waals surface area contributed by atoms with E-state index in [0.29, 0.717) is 36.3 Å². The van der Waals surface area contributed by atoms with Gasteiger partial charge in [0.05, 0.1) is 11.6 Å². The highest BCUT2D eigenvalue weighted by molar-refractivity contribution is 5.95. The Kier molecular flexibility index (Phi) is 7.20. The summed E-state index contributed by atoms with van der Waals surface area (Å²) < 4.78 is 53.7. The first-order valence-electron chi connectivity index (χ1n) is 12.4. The second kappa shape index (κ2) is 10.4. The van der Waals surface area contributed by atoms with Crippen molar-refractivity contribution in [2.45, 2.75) is 43.5 Å². The molecule has 9 heteroatoms. The quantitative estimate of drug-likeness (QED) is 0.560. The van der Waals surface area contributed by atoms with Crippen LogP contribution < -0.4 is 5.32 Å². The molecule has 0 spiro atoms. The molecule has 196 valence electrons. The molecular formula is C28H29F4N3O2. The molecule has 0 bridgehead atoms. The van der Waals surface area contributed by atoms with Crippen molar-refractivity contribution in [2.75, 3.05) is 26.2 Å². The molecule has 2 N–H and O–H groups in total. The van der Waals surface area contributed by atoms with Crippen LogP contribution in [0, 0.1) is 0 Å². The van der Waals surface area contributed by atoms with Crippen LogP contribution in [0.4, 0.5) is 17.6 Å². The topological polar surface area (TPSA) is 55.8 Å². The SMILES string of the molecule is O=C(c1ccc(-c2cccc(C(F)(F)F)c2)cc1)N1CC(NC2CN(C(O)C3=CCCC=C3)CC2F)C1. The number of hydrogen-bond donors (Lipinski definition) is 2. The first kappa shape index (κ1) is 25.6. The number of amides is 1. The van der Waals surface area contributed by atoms with Crippen LogP contribution in [0.15, 0.2) is 72.3 Å². The van der Waals surface area contributed by atoms with Crippen LogP contribution in [0.3, 0.4) is 0 Å². The molecule has 1 amide bonds. The molecule has 2 heterocycles. The van der Waals surface area contributed by atoms with E-state index in [0.717, 1.165) is 30.5 Å². The number of aliphatic hydroxyl groups is 1. The fourth-order valence-corrected chi connectivity index (χ4v) is 5.10. The van der Waals surface area contributed by atoms with Gasteiger partial charge in [0.2, 0.25) is 0 Å². The van der Waals surface area contributed by atoms with Gasteiger partial charge in [-0.05, 0) is 53.8 Å². The Morgan fingerprint density at radius 3 is 2.43 bits per heavy atom. The van der Waals surface area contributed by atoms with Crippen molar-refractivity contribution in [1.29, 1.82) is 0 Å². The monoisotopic (exact) mass is 515 g/mol. The minimum Gasteiger partial charge on any atom is -0.374 e. The standard InChI is InChI=1S/C28H29F4N3O2/c29-24-16-35(26(36)19-5-2-1-3-6-19)17-25(24)33-23-14-34(15-23)27(37)20-11-9-18(10-12-20)21-7-4-8-22(13-21)28(30,31)32/h2,4-13,23-26,33,36H,1,3,14-17H2. The largest absolute Gasteiger partial charge is 0.416 e. The highest BCUT2D eigenvalue weighted by atomic mass is 19.4. The smallest absolute Gasteiger partial charge is 0.374 e. The van der Waals surface area contributed by atoms with E-state index in [-0.39, 0.29) is 18.5 Å². The molecule has 3 aliphatic rings. The number of likely N-dealkylation sites (tertiary alicyclic amines) is 2. The van der Waals surface area contributed by atoms with E-state index in [1.165, 1.54) is 6.07 Å².